The van der Waals surface area contributed by atoms with Crippen molar-refractivity contribution in [1.29, 1.82) is 0 Å². The van der Waals surface area contributed by atoms with Gasteiger partial charge in [-0.1, -0.05) is 36.4 Å². The van der Waals surface area contributed by atoms with Crippen molar-refractivity contribution < 1.29 is 14.3 Å². The van der Waals surface area contributed by atoms with Gasteiger partial charge < -0.3 is 4.74 Å². The van der Waals surface area contributed by atoms with Gasteiger partial charge in [0.05, 0.1) is 5.56 Å². The van der Waals surface area contributed by atoms with Crippen molar-refractivity contribution in [2.24, 2.45) is 0 Å². The molecule has 0 saturated heterocycles. The zero-order valence-corrected chi connectivity index (χ0v) is 15.8. The highest BCUT2D eigenvalue weighted by Gasteiger charge is 2.31. The van der Waals surface area contributed by atoms with E-state index in [1.54, 1.807) is 42.5 Å². The monoisotopic (exact) mass is 351 g/mol. The fraction of sp³-hybridized carbons (Fsp3) is 0.364. The van der Waals surface area contributed by atoms with Gasteiger partial charge in [-0.05, 0) is 33.8 Å². The lowest BCUT2D eigenvalue weighted by atomic mass is 9.83. The van der Waals surface area contributed by atoms with E-state index in [2.05, 4.69) is 32.6 Å². The van der Waals surface area contributed by atoms with Gasteiger partial charge in [-0.2, -0.15) is 0 Å². The molecule has 0 atom stereocenters. The molecule has 0 saturated carbocycles. The van der Waals surface area contributed by atoms with Crippen LogP contribution in [-0.2, 0) is 0 Å². The lowest BCUT2D eigenvalue weighted by molar-refractivity contribution is 0.0973. The van der Waals surface area contributed by atoms with Crippen molar-refractivity contribution in [1.82, 2.24) is 4.90 Å². The molecule has 2 aromatic rings. The van der Waals surface area contributed by atoms with Crippen LogP contribution in [0.2, 0.25) is 0 Å². The van der Waals surface area contributed by atoms with Crippen LogP contribution in [0.15, 0.2) is 42.5 Å². The first-order chi connectivity index (χ1) is 12.4. The fourth-order valence-corrected chi connectivity index (χ4v) is 3.61. The standard InChI is InChI=1S/C22H25NO3/c1-14(2)23(15(3)4)12-13-26-19-11-7-10-18-20(19)22(25)17-9-6-5-8-16(17)21(18)24/h5-11,14-15H,12-13H2,1-4H3. The normalized spacial score (nSPS) is 13.3. The van der Waals surface area contributed by atoms with Gasteiger partial charge in [0.25, 0.3) is 0 Å². The van der Waals surface area contributed by atoms with E-state index < -0.39 is 0 Å². The van der Waals surface area contributed by atoms with Gasteiger partial charge in [0.15, 0.2) is 11.6 Å². The molecule has 1 aliphatic carbocycles. The van der Waals surface area contributed by atoms with E-state index in [1.165, 1.54) is 0 Å². The largest absolute Gasteiger partial charge is 0.491 e. The van der Waals surface area contributed by atoms with Crippen LogP contribution in [0.3, 0.4) is 0 Å². The second-order valence-electron chi connectivity index (χ2n) is 7.16. The average molecular weight is 351 g/mol. The van der Waals surface area contributed by atoms with Crippen LogP contribution < -0.4 is 4.74 Å². The van der Waals surface area contributed by atoms with E-state index in [9.17, 15) is 9.59 Å². The fourth-order valence-electron chi connectivity index (χ4n) is 3.61. The molecule has 0 unspecified atom stereocenters. The minimum absolute atomic E-state index is 0.119. The van der Waals surface area contributed by atoms with Crippen molar-refractivity contribution in [3.63, 3.8) is 0 Å². The summed E-state index contributed by atoms with van der Waals surface area (Å²) < 4.78 is 5.95. The smallest absolute Gasteiger partial charge is 0.198 e. The zero-order valence-electron chi connectivity index (χ0n) is 15.8. The van der Waals surface area contributed by atoms with E-state index in [0.717, 1.165) is 6.54 Å². The summed E-state index contributed by atoms with van der Waals surface area (Å²) in [7, 11) is 0. The number of hydrogen-bond acceptors (Lipinski definition) is 4. The SMILES string of the molecule is CC(C)N(CCOc1cccc2c1C(=O)c1ccccc1C2=O)C(C)C. The Morgan fingerprint density at radius 1 is 0.808 bits per heavy atom. The van der Waals surface area contributed by atoms with Crippen LogP contribution in [0.25, 0.3) is 0 Å². The predicted molar refractivity (Wildman–Crippen MR) is 102 cm³/mol. The Hall–Kier alpha value is -2.46. The number of ketones is 2. The van der Waals surface area contributed by atoms with Gasteiger partial charge in [0, 0.05) is 35.3 Å². The van der Waals surface area contributed by atoms with Crippen molar-refractivity contribution in [2.75, 3.05) is 13.2 Å². The third-order valence-electron chi connectivity index (χ3n) is 4.85. The Labute approximate surface area is 154 Å². The van der Waals surface area contributed by atoms with E-state index in [0.29, 0.717) is 46.7 Å². The molecule has 3 rings (SSSR count). The van der Waals surface area contributed by atoms with E-state index >= 15 is 0 Å². The molecule has 0 bridgehead atoms. The highest BCUT2D eigenvalue weighted by molar-refractivity contribution is 6.29. The van der Waals surface area contributed by atoms with Gasteiger partial charge in [-0.25, -0.2) is 0 Å². The summed E-state index contributed by atoms with van der Waals surface area (Å²) in [4.78, 5) is 28.0. The maximum absolute atomic E-state index is 12.9. The highest BCUT2D eigenvalue weighted by Crippen LogP contribution is 2.33. The molecule has 0 aromatic heterocycles. The summed E-state index contributed by atoms with van der Waals surface area (Å²) >= 11 is 0. The van der Waals surface area contributed by atoms with Crippen molar-refractivity contribution in [2.45, 2.75) is 39.8 Å². The molecule has 0 spiro atoms. The molecule has 0 heterocycles. The Balaban J connectivity index is 1.86. The molecule has 0 fully saturated rings. The van der Waals surface area contributed by atoms with Gasteiger partial charge in [-0.15, -0.1) is 0 Å². The Morgan fingerprint density at radius 3 is 2.00 bits per heavy atom. The molecule has 0 aliphatic heterocycles. The molecular weight excluding hydrogens is 326 g/mol. The molecule has 26 heavy (non-hydrogen) atoms. The average Bonchev–Trinajstić information content (AvgIpc) is 2.62. The third-order valence-corrected chi connectivity index (χ3v) is 4.85. The maximum Gasteiger partial charge on any atom is 0.198 e. The Bertz CT molecular complexity index is 831. The van der Waals surface area contributed by atoms with E-state index in [-0.39, 0.29) is 11.6 Å². The first-order valence-electron chi connectivity index (χ1n) is 9.11. The van der Waals surface area contributed by atoms with Crippen LogP contribution in [0.5, 0.6) is 5.75 Å². The summed E-state index contributed by atoms with van der Waals surface area (Å²) in [5.74, 6) is 0.227. The van der Waals surface area contributed by atoms with Crippen LogP contribution >= 0.6 is 0 Å². The number of fused-ring (bicyclic) bond motifs is 2. The molecule has 136 valence electrons. The molecule has 0 N–H and O–H groups in total. The summed E-state index contributed by atoms with van der Waals surface area (Å²) in [6.07, 6.45) is 0. The van der Waals surface area contributed by atoms with Crippen molar-refractivity contribution >= 4 is 11.6 Å². The van der Waals surface area contributed by atoms with Gasteiger partial charge in [0.1, 0.15) is 12.4 Å². The summed E-state index contributed by atoms with van der Waals surface area (Å²) in [6.45, 7) is 9.85. The maximum atomic E-state index is 12.9. The number of carbonyl (C=O) groups is 2. The number of benzene rings is 2. The minimum atomic E-state index is -0.143. The zero-order chi connectivity index (χ0) is 18.8. The van der Waals surface area contributed by atoms with Crippen LogP contribution in [0.4, 0.5) is 0 Å². The summed E-state index contributed by atoms with van der Waals surface area (Å²) in [5, 5.41) is 0. The molecule has 4 heteroatoms. The van der Waals surface area contributed by atoms with Crippen LogP contribution in [0, 0.1) is 0 Å². The van der Waals surface area contributed by atoms with Gasteiger partial charge in [-0.3, -0.25) is 14.5 Å². The number of nitrogens with zero attached hydrogens (tertiary/aromatic N) is 1. The Kier molecular flexibility index (Phi) is 5.23. The predicted octanol–water partition coefficient (Wildman–Crippen LogP) is 3.96. The topological polar surface area (TPSA) is 46.6 Å². The molecular formula is C22H25NO3. The number of carbonyl (C=O) groups excluding carboxylic acids is 2. The van der Waals surface area contributed by atoms with Crippen molar-refractivity contribution in [3.8, 4) is 5.75 Å². The number of rotatable bonds is 6. The molecule has 1 aliphatic rings. The van der Waals surface area contributed by atoms with E-state index in [1.807, 2.05) is 0 Å². The highest BCUT2D eigenvalue weighted by atomic mass is 16.5. The lowest BCUT2D eigenvalue weighted by Crippen LogP contribution is -2.39. The van der Waals surface area contributed by atoms with Crippen LogP contribution in [-0.4, -0.2) is 41.7 Å². The van der Waals surface area contributed by atoms with Gasteiger partial charge in [0.2, 0.25) is 0 Å². The molecule has 2 aromatic carbocycles. The summed E-state index contributed by atoms with van der Waals surface area (Å²) in [5.41, 5.74) is 1.73. The third kappa shape index (κ3) is 3.29. The molecule has 4 nitrogen and oxygen atoms in total. The quantitative estimate of drug-likeness (QED) is 0.674. The summed E-state index contributed by atoms with van der Waals surface area (Å²) in [6, 6.07) is 13.0. The minimum Gasteiger partial charge on any atom is -0.491 e. The second-order valence-corrected chi connectivity index (χ2v) is 7.16. The van der Waals surface area contributed by atoms with Gasteiger partial charge >= 0.3 is 0 Å². The first-order valence-corrected chi connectivity index (χ1v) is 9.11. The van der Waals surface area contributed by atoms with Crippen molar-refractivity contribution in [3.05, 3.63) is 64.7 Å². The van der Waals surface area contributed by atoms with Crippen LogP contribution in [0.1, 0.15) is 59.5 Å². The van der Waals surface area contributed by atoms with E-state index in [4.69, 9.17) is 4.74 Å². The number of ether oxygens (including phenoxy) is 1. The first kappa shape index (κ1) is 18.3. The molecule has 0 amide bonds. The Morgan fingerprint density at radius 2 is 1.38 bits per heavy atom. The molecule has 0 radical (unpaired) electrons. The second kappa shape index (κ2) is 7.42. The lowest BCUT2D eigenvalue weighted by Gasteiger charge is -2.30. The number of hydrogen-bond donors (Lipinski definition) is 0.